The van der Waals surface area contributed by atoms with Crippen molar-refractivity contribution in [3.8, 4) is 0 Å². The minimum Gasteiger partial charge on any atom is -0.326 e. The Balaban J connectivity index is 1.74. The lowest BCUT2D eigenvalue weighted by atomic mass is 10.3. The number of nitrogens with one attached hydrogen (secondary N) is 1. The number of thiazole rings is 1. The van der Waals surface area contributed by atoms with Crippen LogP contribution in [0.5, 0.6) is 0 Å². The Labute approximate surface area is 131 Å². The molecule has 6 heteroatoms. The topological polar surface area (TPSA) is 59.1 Å². The highest BCUT2D eigenvalue weighted by Crippen LogP contribution is 2.12. The van der Waals surface area contributed by atoms with E-state index in [4.69, 9.17) is 0 Å². The molecule has 1 N–H and O–H groups in total. The van der Waals surface area contributed by atoms with Crippen molar-refractivity contribution >= 4 is 33.7 Å². The molecule has 0 aliphatic rings. The van der Waals surface area contributed by atoms with Crippen LogP contribution in [0.3, 0.4) is 0 Å². The number of carbonyl (C=O) groups excluding carboxylic acids is 1. The van der Waals surface area contributed by atoms with Gasteiger partial charge in [0.05, 0.1) is 16.5 Å². The van der Waals surface area contributed by atoms with Crippen LogP contribution in [0, 0.1) is 0 Å². The van der Waals surface area contributed by atoms with Crippen molar-refractivity contribution in [3.05, 3.63) is 46.4 Å². The van der Waals surface area contributed by atoms with Crippen LogP contribution in [-0.2, 0) is 27.8 Å². The number of carbonyl (C=O) groups is 1. The zero-order valence-corrected chi connectivity index (χ0v) is 13.5. The standard InChI is InChI=1S/C15H18N2O2S2/c1-2-15-17-13(10-20-15)11-21(19)9-8-14(18)16-12-6-4-3-5-7-12/h3-7,10H,2,8-9,11H2,1H3,(H,16,18)/t21-/m0/s1. The van der Waals surface area contributed by atoms with Crippen molar-refractivity contribution < 1.29 is 9.00 Å². The van der Waals surface area contributed by atoms with Gasteiger partial charge in [0.2, 0.25) is 5.91 Å². The molecule has 0 radical (unpaired) electrons. The third kappa shape index (κ3) is 5.40. The predicted molar refractivity (Wildman–Crippen MR) is 87.9 cm³/mol. The zero-order chi connectivity index (χ0) is 15.1. The minimum absolute atomic E-state index is 0.109. The van der Waals surface area contributed by atoms with Crippen LogP contribution in [0.1, 0.15) is 24.0 Å². The fraction of sp³-hybridized carbons (Fsp3) is 0.333. The van der Waals surface area contributed by atoms with Crippen molar-refractivity contribution in [2.45, 2.75) is 25.5 Å². The highest BCUT2D eigenvalue weighted by molar-refractivity contribution is 7.84. The highest BCUT2D eigenvalue weighted by Gasteiger charge is 2.09. The molecule has 0 spiro atoms. The van der Waals surface area contributed by atoms with Gasteiger partial charge in [0, 0.05) is 34.0 Å². The van der Waals surface area contributed by atoms with Gasteiger partial charge in [-0.25, -0.2) is 4.98 Å². The van der Waals surface area contributed by atoms with Crippen molar-refractivity contribution in [3.63, 3.8) is 0 Å². The van der Waals surface area contributed by atoms with E-state index in [0.29, 0.717) is 11.5 Å². The Hall–Kier alpha value is -1.53. The average molecular weight is 322 g/mol. The maximum Gasteiger partial charge on any atom is 0.225 e. The van der Waals surface area contributed by atoms with Gasteiger partial charge >= 0.3 is 0 Å². The quantitative estimate of drug-likeness (QED) is 0.852. The second-order valence-electron chi connectivity index (χ2n) is 4.54. The first-order chi connectivity index (χ1) is 10.2. The highest BCUT2D eigenvalue weighted by atomic mass is 32.2. The summed E-state index contributed by atoms with van der Waals surface area (Å²) in [5, 5.41) is 5.79. The molecule has 0 bridgehead atoms. The Morgan fingerprint density at radius 2 is 2.10 bits per heavy atom. The van der Waals surface area contributed by atoms with Gasteiger partial charge in [0.1, 0.15) is 0 Å². The molecule has 0 aliphatic carbocycles. The van der Waals surface area contributed by atoms with Crippen LogP contribution in [0.15, 0.2) is 35.7 Å². The lowest BCUT2D eigenvalue weighted by Crippen LogP contribution is -2.15. The van der Waals surface area contributed by atoms with Gasteiger partial charge in [-0.15, -0.1) is 11.3 Å². The van der Waals surface area contributed by atoms with E-state index in [-0.39, 0.29) is 12.3 Å². The van der Waals surface area contributed by atoms with Gasteiger partial charge in [-0.1, -0.05) is 25.1 Å². The average Bonchev–Trinajstić information content (AvgIpc) is 2.94. The summed E-state index contributed by atoms with van der Waals surface area (Å²) in [5.74, 6) is 0.675. The molecule has 1 heterocycles. The van der Waals surface area contributed by atoms with Gasteiger partial charge < -0.3 is 5.32 Å². The molecule has 1 aromatic heterocycles. The second kappa shape index (κ2) is 8.05. The summed E-state index contributed by atoms with van der Waals surface area (Å²) in [4.78, 5) is 16.1. The van der Waals surface area contributed by atoms with Crippen molar-refractivity contribution in [1.29, 1.82) is 0 Å². The van der Waals surface area contributed by atoms with Gasteiger partial charge in [-0.2, -0.15) is 0 Å². The SMILES string of the molecule is CCc1nc(C[S@@](=O)CCC(=O)Nc2ccccc2)cs1. The zero-order valence-electron chi connectivity index (χ0n) is 11.9. The number of amides is 1. The molecule has 1 atom stereocenters. The number of hydrogen-bond acceptors (Lipinski definition) is 4. The molecule has 1 amide bonds. The molecule has 0 unspecified atom stereocenters. The Bertz CT molecular complexity index is 611. The molecule has 1 aromatic carbocycles. The van der Waals surface area contributed by atoms with Crippen LogP contribution in [0.25, 0.3) is 0 Å². The minimum atomic E-state index is -1.05. The van der Waals surface area contributed by atoms with E-state index >= 15 is 0 Å². The number of aromatic nitrogens is 1. The van der Waals surface area contributed by atoms with Crippen molar-refractivity contribution in [2.75, 3.05) is 11.1 Å². The van der Waals surface area contributed by atoms with Crippen molar-refractivity contribution in [2.24, 2.45) is 0 Å². The fourth-order valence-corrected chi connectivity index (χ4v) is 3.65. The molecule has 21 heavy (non-hydrogen) atoms. The first-order valence-corrected chi connectivity index (χ1v) is 9.17. The van der Waals surface area contributed by atoms with E-state index in [1.807, 2.05) is 42.6 Å². The van der Waals surface area contributed by atoms with Crippen LogP contribution >= 0.6 is 11.3 Å². The molecular formula is C15H18N2O2S2. The van der Waals surface area contributed by atoms with E-state index in [2.05, 4.69) is 10.3 Å². The number of anilines is 1. The van der Waals surface area contributed by atoms with E-state index in [1.165, 1.54) is 0 Å². The molecule has 0 aliphatic heterocycles. The predicted octanol–water partition coefficient (Wildman–Crippen LogP) is 2.98. The summed E-state index contributed by atoms with van der Waals surface area (Å²) in [6.07, 6.45) is 1.16. The van der Waals surface area contributed by atoms with Crippen LogP contribution < -0.4 is 5.32 Å². The molecule has 0 saturated heterocycles. The molecule has 0 fully saturated rings. The number of benzene rings is 1. The Morgan fingerprint density at radius 1 is 1.33 bits per heavy atom. The van der Waals surface area contributed by atoms with Gasteiger partial charge in [-0.05, 0) is 18.6 Å². The lowest BCUT2D eigenvalue weighted by molar-refractivity contribution is -0.115. The number of nitrogens with zero attached hydrogens (tertiary/aromatic N) is 1. The van der Waals surface area contributed by atoms with Crippen LogP contribution in [-0.4, -0.2) is 20.9 Å². The van der Waals surface area contributed by atoms with Gasteiger partial charge in [0.25, 0.3) is 0 Å². The Morgan fingerprint density at radius 3 is 2.76 bits per heavy atom. The molecule has 112 valence electrons. The molecular weight excluding hydrogens is 304 g/mol. The number of para-hydroxylation sites is 1. The van der Waals surface area contributed by atoms with Gasteiger partial charge in [0.15, 0.2) is 0 Å². The van der Waals surface area contributed by atoms with Crippen molar-refractivity contribution in [1.82, 2.24) is 4.98 Å². The molecule has 2 aromatic rings. The second-order valence-corrected chi connectivity index (χ2v) is 7.06. The van der Waals surface area contributed by atoms with Crippen LogP contribution in [0.4, 0.5) is 5.69 Å². The molecule has 0 saturated carbocycles. The first kappa shape index (κ1) is 15.9. The molecule has 4 nitrogen and oxygen atoms in total. The Kier molecular flexibility index (Phi) is 6.07. The number of aryl methyl sites for hydroxylation is 1. The molecule has 2 rings (SSSR count). The first-order valence-electron chi connectivity index (χ1n) is 6.80. The summed E-state index contributed by atoms with van der Waals surface area (Å²) in [5.41, 5.74) is 1.62. The van der Waals surface area contributed by atoms with E-state index in [0.717, 1.165) is 22.8 Å². The largest absolute Gasteiger partial charge is 0.326 e. The smallest absolute Gasteiger partial charge is 0.225 e. The maximum atomic E-state index is 12.0. The normalized spacial score (nSPS) is 12.0. The van der Waals surface area contributed by atoms with E-state index < -0.39 is 10.8 Å². The summed E-state index contributed by atoms with van der Waals surface area (Å²) < 4.78 is 12.0. The summed E-state index contributed by atoms with van der Waals surface area (Å²) in [6.45, 7) is 2.05. The summed E-state index contributed by atoms with van der Waals surface area (Å²) >= 11 is 1.59. The fourth-order valence-electron chi connectivity index (χ4n) is 1.77. The third-order valence-electron chi connectivity index (χ3n) is 2.82. The summed E-state index contributed by atoms with van der Waals surface area (Å²) in [6, 6.07) is 9.28. The lowest BCUT2D eigenvalue weighted by Gasteiger charge is -2.04. The number of rotatable bonds is 7. The summed E-state index contributed by atoms with van der Waals surface area (Å²) in [7, 11) is -1.05. The van der Waals surface area contributed by atoms with Crippen LogP contribution in [0.2, 0.25) is 0 Å². The van der Waals surface area contributed by atoms with E-state index in [9.17, 15) is 9.00 Å². The number of hydrogen-bond donors (Lipinski definition) is 1. The van der Waals surface area contributed by atoms with Gasteiger partial charge in [-0.3, -0.25) is 9.00 Å². The maximum absolute atomic E-state index is 12.0. The van der Waals surface area contributed by atoms with E-state index in [1.54, 1.807) is 11.3 Å². The third-order valence-corrected chi connectivity index (χ3v) is 5.14. The monoisotopic (exact) mass is 322 g/mol.